The van der Waals surface area contributed by atoms with E-state index in [9.17, 15) is 4.79 Å². The molecule has 4 heteroatoms. The molecule has 4 nitrogen and oxygen atoms in total. The van der Waals surface area contributed by atoms with Crippen LogP contribution in [0.25, 0.3) is 0 Å². The van der Waals surface area contributed by atoms with Crippen molar-refractivity contribution in [2.75, 3.05) is 30.9 Å². The zero-order valence-corrected chi connectivity index (χ0v) is 13.8. The molecule has 1 atom stereocenters. The number of anilines is 2. The highest BCUT2D eigenvalue weighted by Crippen LogP contribution is 2.23. The first kappa shape index (κ1) is 17.5. The van der Waals surface area contributed by atoms with Crippen LogP contribution in [0.4, 0.5) is 11.4 Å². The number of para-hydroxylation sites is 2. The van der Waals surface area contributed by atoms with Gasteiger partial charge in [-0.1, -0.05) is 26.0 Å². The van der Waals surface area contributed by atoms with Gasteiger partial charge in [0.25, 0.3) is 0 Å². The van der Waals surface area contributed by atoms with Crippen molar-refractivity contribution in [3.8, 4) is 0 Å². The van der Waals surface area contributed by atoms with E-state index < -0.39 is 0 Å². The van der Waals surface area contributed by atoms with Gasteiger partial charge in [0.15, 0.2) is 0 Å². The first-order valence-electron chi connectivity index (χ1n) is 7.58. The molecule has 118 valence electrons. The molecule has 0 aliphatic carbocycles. The highest BCUT2D eigenvalue weighted by atomic mass is 16.5. The van der Waals surface area contributed by atoms with Crippen molar-refractivity contribution in [1.29, 1.82) is 0 Å². The Morgan fingerprint density at radius 3 is 2.52 bits per heavy atom. The fourth-order valence-corrected chi connectivity index (χ4v) is 2.27. The van der Waals surface area contributed by atoms with Gasteiger partial charge in [0, 0.05) is 14.1 Å². The molecular weight excluding hydrogens is 264 g/mol. The molecule has 0 aliphatic heterocycles. The molecule has 0 fully saturated rings. The maximum Gasteiger partial charge on any atom is 0.226 e. The van der Waals surface area contributed by atoms with Crippen LogP contribution in [0.2, 0.25) is 0 Å². The molecule has 0 spiro atoms. The number of nitrogens with zero attached hydrogens (tertiary/aromatic N) is 1. The summed E-state index contributed by atoms with van der Waals surface area (Å²) in [5.74, 6) is 0.599. The molecule has 0 saturated carbocycles. The average molecular weight is 292 g/mol. The van der Waals surface area contributed by atoms with E-state index in [1.165, 1.54) is 0 Å². The Labute approximate surface area is 128 Å². The molecule has 0 radical (unpaired) electrons. The molecule has 1 rings (SSSR count). The lowest BCUT2D eigenvalue weighted by molar-refractivity contribution is -0.117. The van der Waals surface area contributed by atoms with Crippen LogP contribution in [0.5, 0.6) is 0 Å². The standard InChI is InChI=1S/C17H28N2O2/c1-13(2)12-14(3)21-11-10-17(20)18-15-8-6-7-9-16(15)19(4)5/h6-9,13-14H,10-12H2,1-5H3,(H,18,20)/t14-/m0/s1. The number of benzene rings is 1. The summed E-state index contributed by atoms with van der Waals surface area (Å²) in [6.07, 6.45) is 1.60. The molecule has 21 heavy (non-hydrogen) atoms. The van der Waals surface area contributed by atoms with Gasteiger partial charge < -0.3 is 15.0 Å². The van der Waals surface area contributed by atoms with Crippen molar-refractivity contribution in [2.45, 2.75) is 39.7 Å². The van der Waals surface area contributed by atoms with E-state index in [2.05, 4.69) is 26.1 Å². The topological polar surface area (TPSA) is 41.6 Å². The van der Waals surface area contributed by atoms with Crippen LogP contribution in [0.1, 0.15) is 33.6 Å². The van der Waals surface area contributed by atoms with Gasteiger partial charge in [-0.05, 0) is 31.4 Å². The van der Waals surface area contributed by atoms with Gasteiger partial charge in [-0.25, -0.2) is 0 Å². The number of rotatable bonds is 8. The Morgan fingerprint density at radius 2 is 1.90 bits per heavy atom. The summed E-state index contributed by atoms with van der Waals surface area (Å²) in [6.45, 7) is 6.86. The molecule has 0 unspecified atom stereocenters. The summed E-state index contributed by atoms with van der Waals surface area (Å²) in [5, 5.41) is 2.95. The third-order valence-corrected chi connectivity index (χ3v) is 3.19. The Kier molecular flexibility index (Phi) is 7.23. The molecule has 1 aromatic rings. The Bertz CT molecular complexity index is 444. The minimum Gasteiger partial charge on any atom is -0.378 e. The minimum atomic E-state index is -0.0129. The van der Waals surface area contributed by atoms with Crippen LogP contribution in [0, 0.1) is 5.92 Å². The fourth-order valence-electron chi connectivity index (χ4n) is 2.27. The number of nitrogens with one attached hydrogen (secondary N) is 1. The molecule has 1 amide bonds. The quantitative estimate of drug-likeness (QED) is 0.797. The fraction of sp³-hybridized carbons (Fsp3) is 0.588. The average Bonchev–Trinajstić information content (AvgIpc) is 2.38. The van der Waals surface area contributed by atoms with E-state index in [4.69, 9.17) is 4.74 Å². The Hall–Kier alpha value is -1.55. The lowest BCUT2D eigenvalue weighted by Gasteiger charge is -2.18. The van der Waals surface area contributed by atoms with Crippen molar-refractivity contribution < 1.29 is 9.53 Å². The van der Waals surface area contributed by atoms with Crippen LogP contribution in [0.15, 0.2) is 24.3 Å². The van der Waals surface area contributed by atoms with E-state index in [1.54, 1.807) is 0 Å². The summed E-state index contributed by atoms with van der Waals surface area (Å²) in [7, 11) is 3.92. The van der Waals surface area contributed by atoms with Crippen LogP contribution < -0.4 is 10.2 Å². The zero-order valence-electron chi connectivity index (χ0n) is 13.8. The molecule has 0 aliphatic rings. The molecular formula is C17H28N2O2. The summed E-state index contributed by atoms with van der Waals surface area (Å²) < 4.78 is 5.67. The van der Waals surface area contributed by atoms with Crippen molar-refractivity contribution in [3.05, 3.63) is 24.3 Å². The molecule has 0 saturated heterocycles. The summed E-state index contributed by atoms with van der Waals surface area (Å²) >= 11 is 0. The molecule has 1 N–H and O–H groups in total. The maximum absolute atomic E-state index is 12.0. The number of hydrogen-bond donors (Lipinski definition) is 1. The van der Waals surface area contributed by atoms with Crippen LogP contribution in [0.3, 0.4) is 0 Å². The van der Waals surface area contributed by atoms with E-state index in [0.717, 1.165) is 17.8 Å². The first-order chi connectivity index (χ1) is 9.90. The lowest BCUT2D eigenvalue weighted by atomic mass is 10.1. The number of amides is 1. The summed E-state index contributed by atoms with van der Waals surface area (Å²) in [4.78, 5) is 14.0. The van der Waals surface area contributed by atoms with Gasteiger partial charge in [-0.2, -0.15) is 0 Å². The molecule has 1 aromatic carbocycles. The zero-order chi connectivity index (χ0) is 15.8. The van der Waals surface area contributed by atoms with Gasteiger partial charge in [-0.15, -0.1) is 0 Å². The highest BCUT2D eigenvalue weighted by Gasteiger charge is 2.09. The molecule has 0 aromatic heterocycles. The van der Waals surface area contributed by atoms with Gasteiger partial charge in [0.1, 0.15) is 0 Å². The SMILES string of the molecule is CC(C)C[C@H](C)OCCC(=O)Nc1ccccc1N(C)C. The second-order valence-electron chi connectivity index (χ2n) is 6.02. The van der Waals surface area contributed by atoms with Crippen molar-refractivity contribution in [2.24, 2.45) is 5.92 Å². The minimum absolute atomic E-state index is 0.0129. The summed E-state index contributed by atoms with van der Waals surface area (Å²) in [5.41, 5.74) is 1.84. The van der Waals surface area contributed by atoms with E-state index >= 15 is 0 Å². The monoisotopic (exact) mass is 292 g/mol. The van der Waals surface area contributed by atoms with Crippen molar-refractivity contribution in [1.82, 2.24) is 0 Å². The maximum atomic E-state index is 12.0. The van der Waals surface area contributed by atoms with Crippen molar-refractivity contribution in [3.63, 3.8) is 0 Å². The molecule has 0 heterocycles. The second-order valence-corrected chi connectivity index (χ2v) is 6.02. The van der Waals surface area contributed by atoms with Crippen molar-refractivity contribution >= 4 is 17.3 Å². The Balaban J connectivity index is 2.41. The first-order valence-corrected chi connectivity index (χ1v) is 7.58. The van der Waals surface area contributed by atoms with Gasteiger partial charge in [0.2, 0.25) is 5.91 Å². The van der Waals surface area contributed by atoms with Crippen LogP contribution >= 0.6 is 0 Å². The van der Waals surface area contributed by atoms with Crippen LogP contribution in [-0.2, 0) is 9.53 Å². The smallest absolute Gasteiger partial charge is 0.226 e. The molecule has 0 bridgehead atoms. The third-order valence-electron chi connectivity index (χ3n) is 3.19. The van der Waals surface area contributed by atoms with Crippen LogP contribution in [-0.4, -0.2) is 32.7 Å². The number of carbonyl (C=O) groups is 1. The predicted molar refractivity (Wildman–Crippen MR) is 88.9 cm³/mol. The highest BCUT2D eigenvalue weighted by molar-refractivity contribution is 5.94. The van der Waals surface area contributed by atoms with Gasteiger partial charge in [0.05, 0.1) is 30.5 Å². The summed E-state index contributed by atoms with van der Waals surface area (Å²) in [6, 6.07) is 7.78. The second kappa shape index (κ2) is 8.67. The predicted octanol–water partition coefficient (Wildman–Crippen LogP) is 3.53. The van der Waals surface area contributed by atoms with Gasteiger partial charge in [-0.3, -0.25) is 4.79 Å². The number of hydrogen-bond acceptors (Lipinski definition) is 3. The normalized spacial score (nSPS) is 12.3. The number of ether oxygens (including phenoxy) is 1. The number of carbonyl (C=O) groups excluding carboxylic acids is 1. The van der Waals surface area contributed by atoms with E-state index in [-0.39, 0.29) is 12.0 Å². The largest absolute Gasteiger partial charge is 0.378 e. The lowest BCUT2D eigenvalue weighted by Crippen LogP contribution is -2.19. The van der Waals surface area contributed by atoms with E-state index in [1.807, 2.05) is 43.3 Å². The van der Waals surface area contributed by atoms with E-state index in [0.29, 0.717) is 18.9 Å². The Morgan fingerprint density at radius 1 is 1.24 bits per heavy atom. The van der Waals surface area contributed by atoms with Gasteiger partial charge >= 0.3 is 0 Å². The third kappa shape index (κ3) is 6.63.